The zero-order chi connectivity index (χ0) is 14.8. The van der Waals surface area contributed by atoms with Crippen LogP contribution in [0.2, 0.25) is 0 Å². The average Bonchev–Trinajstić information content (AvgIpc) is 3.17. The first-order valence-electron chi connectivity index (χ1n) is 7.93. The Hall–Kier alpha value is -0.770. The predicted molar refractivity (Wildman–Crippen MR) is 80.7 cm³/mol. The minimum absolute atomic E-state index is 0.179. The summed E-state index contributed by atoms with van der Waals surface area (Å²) in [5.74, 6) is 1.45. The van der Waals surface area contributed by atoms with E-state index in [0.29, 0.717) is 17.4 Å². The fraction of sp³-hybridized carbons (Fsp3) is 0.938. The van der Waals surface area contributed by atoms with Gasteiger partial charge in [-0.2, -0.15) is 0 Å². The molecule has 2 rings (SSSR count). The van der Waals surface area contributed by atoms with Crippen LogP contribution in [0.1, 0.15) is 46.5 Å². The maximum Gasteiger partial charge on any atom is 0.409 e. The fourth-order valence-corrected chi connectivity index (χ4v) is 3.30. The standard InChI is InChI=1S/C16H30N2O2/c1-16(2,3)8-13-7-14(17-9-12-5-6-12)11-18(10-13)15(19)20-4/h12-14,17H,5-11H2,1-4H3. The summed E-state index contributed by atoms with van der Waals surface area (Å²) in [7, 11) is 1.47. The molecule has 0 aromatic heterocycles. The van der Waals surface area contributed by atoms with E-state index in [0.717, 1.165) is 32.0 Å². The van der Waals surface area contributed by atoms with Gasteiger partial charge in [-0.25, -0.2) is 4.79 Å². The topological polar surface area (TPSA) is 41.6 Å². The van der Waals surface area contributed by atoms with Gasteiger partial charge in [-0.1, -0.05) is 20.8 Å². The molecule has 4 nitrogen and oxygen atoms in total. The van der Waals surface area contributed by atoms with Crippen molar-refractivity contribution in [2.75, 3.05) is 26.7 Å². The number of carbonyl (C=O) groups excluding carboxylic acids is 1. The van der Waals surface area contributed by atoms with Gasteiger partial charge in [-0.15, -0.1) is 0 Å². The van der Waals surface area contributed by atoms with Crippen LogP contribution in [0, 0.1) is 17.3 Å². The quantitative estimate of drug-likeness (QED) is 0.862. The van der Waals surface area contributed by atoms with E-state index in [1.165, 1.54) is 26.4 Å². The van der Waals surface area contributed by atoms with Crippen LogP contribution >= 0.6 is 0 Å². The molecule has 1 aliphatic carbocycles. The summed E-state index contributed by atoms with van der Waals surface area (Å²) >= 11 is 0. The normalized spacial score (nSPS) is 27.5. The molecule has 0 aromatic carbocycles. The summed E-state index contributed by atoms with van der Waals surface area (Å²) in [4.78, 5) is 13.7. The first kappa shape index (κ1) is 15.6. The van der Waals surface area contributed by atoms with Crippen LogP contribution in [0.3, 0.4) is 0 Å². The first-order valence-corrected chi connectivity index (χ1v) is 7.93. The summed E-state index contributed by atoms with van der Waals surface area (Å²) in [5.41, 5.74) is 0.310. The van der Waals surface area contributed by atoms with Crippen molar-refractivity contribution in [3.05, 3.63) is 0 Å². The van der Waals surface area contributed by atoms with Crippen molar-refractivity contribution in [3.63, 3.8) is 0 Å². The highest BCUT2D eigenvalue weighted by atomic mass is 16.5. The van der Waals surface area contributed by atoms with E-state index in [4.69, 9.17) is 4.74 Å². The van der Waals surface area contributed by atoms with Crippen molar-refractivity contribution < 1.29 is 9.53 Å². The van der Waals surface area contributed by atoms with Crippen molar-refractivity contribution in [2.24, 2.45) is 17.3 Å². The largest absolute Gasteiger partial charge is 0.453 e. The predicted octanol–water partition coefficient (Wildman–Crippen LogP) is 2.88. The van der Waals surface area contributed by atoms with Crippen molar-refractivity contribution in [1.82, 2.24) is 10.2 Å². The van der Waals surface area contributed by atoms with Gasteiger partial charge in [0.15, 0.2) is 0 Å². The molecule has 0 radical (unpaired) electrons. The van der Waals surface area contributed by atoms with Gasteiger partial charge in [-0.05, 0) is 49.5 Å². The van der Waals surface area contributed by atoms with Gasteiger partial charge < -0.3 is 15.0 Å². The van der Waals surface area contributed by atoms with Gasteiger partial charge in [0.2, 0.25) is 0 Å². The Bertz CT molecular complexity index is 334. The lowest BCUT2D eigenvalue weighted by atomic mass is 9.80. The number of likely N-dealkylation sites (tertiary alicyclic amines) is 1. The fourth-order valence-electron chi connectivity index (χ4n) is 3.30. The van der Waals surface area contributed by atoms with Crippen LogP contribution in [0.5, 0.6) is 0 Å². The van der Waals surface area contributed by atoms with Crippen molar-refractivity contribution in [2.45, 2.75) is 52.5 Å². The Morgan fingerprint density at radius 2 is 1.95 bits per heavy atom. The Balaban J connectivity index is 1.91. The summed E-state index contributed by atoms with van der Waals surface area (Å²) in [6.45, 7) is 9.57. The van der Waals surface area contributed by atoms with Crippen LogP contribution in [0.4, 0.5) is 4.79 Å². The number of amides is 1. The van der Waals surface area contributed by atoms with E-state index in [-0.39, 0.29) is 6.09 Å². The molecule has 4 heteroatoms. The number of ether oxygens (including phenoxy) is 1. The maximum atomic E-state index is 11.8. The van der Waals surface area contributed by atoms with E-state index in [1.807, 2.05) is 4.90 Å². The molecule has 1 heterocycles. The van der Waals surface area contributed by atoms with Crippen LogP contribution in [-0.4, -0.2) is 43.8 Å². The minimum atomic E-state index is -0.179. The number of carbonyl (C=O) groups is 1. The van der Waals surface area contributed by atoms with Crippen molar-refractivity contribution in [3.8, 4) is 0 Å². The molecule has 2 unspecified atom stereocenters. The maximum absolute atomic E-state index is 11.8. The summed E-state index contributed by atoms with van der Waals surface area (Å²) in [6.07, 6.45) is 4.89. The van der Waals surface area contributed by atoms with E-state index < -0.39 is 0 Å². The average molecular weight is 282 g/mol. The molecule has 2 fully saturated rings. The SMILES string of the molecule is COC(=O)N1CC(CC(C)(C)C)CC(NCC2CC2)C1. The summed E-state index contributed by atoms with van der Waals surface area (Å²) in [6, 6.07) is 0.427. The number of nitrogens with zero attached hydrogens (tertiary/aromatic N) is 1. The van der Waals surface area contributed by atoms with Crippen molar-refractivity contribution in [1.29, 1.82) is 0 Å². The molecule has 1 saturated carbocycles. The van der Waals surface area contributed by atoms with E-state index in [9.17, 15) is 4.79 Å². The van der Waals surface area contributed by atoms with Gasteiger partial charge in [0.1, 0.15) is 0 Å². The second kappa shape index (κ2) is 6.33. The third-order valence-electron chi connectivity index (χ3n) is 4.26. The van der Waals surface area contributed by atoms with Gasteiger partial charge >= 0.3 is 6.09 Å². The molecular formula is C16H30N2O2. The Kier molecular flexibility index (Phi) is 4.95. The summed E-state index contributed by atoms with van der Waals surface area (Å²) < 4.78 is 4.91. The van der Waals surface area contributed by atoms with E-state index in [2.05, 4.69) is 26.1 Å². The first-order chi connectivity index (χ1) is 9.37. The second-order valence-electron chi connectivity index (χ2n) is 7.79. The second-order valence-corrected chi connectivity index (χ2v) is 7.79. The molecule has 1 N–H and O–H groups in total. The Morgan fingerprint density at radius 1 is 1.25 bits per heavy atom. The van der Waals surface area contributed by atoms with Gasteiger partial charge in [0.05, 0.1) is 7.11 Å². The van der Waals surface area contributed by atoms with Crippen LogP contribution in [0.25, 0.3) is 0 Å². The Morgan fingerprint density at radius 3 is 2.50 bits per heavy atom. The Labute approximate surface area is 123 Å². The molecule has 116 valence electrons. The number of hydrogen-bond donors (Lipinski definition) is 1. The summed E-state index contributed by atoms with van der Waals surface area (Å²) in [5, 5.41) is 3.66. The highest BCUT2D eigenvalue weighted by Crippen LogP contribution is 2.31. The van der Waals surface area contributed by atoms with E-state index in [1.54, 1.807) is 0 Å². The van der Waals surface area contributed by atoms with E-state index >= 15 is 0 Å². The molecule has 0 bridgehead atoms. The highest BCUT2D eigenvalue weighted by molar-refractivity contribution is 5.67. The number of nitrogens with one attached hydrogen (secondary N) is 1. The number of methoxy groups -OCH3 is 1. The number of rotatable bonds is 4. The molecule has 1 aliphatic heterocycles. The minimum Gasteiger partial charge on any atom is -0.453 e. The van der Waals surface area contributed by atoms with Crippen molar-refractivity contribution >= 4 is 6.09 Å². The highest BCUT2D eigenvalue weighted by Gasteiger charge is 2.33. The van der Waals surface area contributed by atoms with Gasteiger partial charge in [0, 0.05) is 19.1 Å². The van der Waals surface area contributed by atoms with Gasteiger partial charge in [-0.3, -0.25) is 0 Å². The van der Waals surface area contributed by atoms with Crippen LogP contribution in [-0.2, 0) is 4.74 Å². The molecule has 0 aromatic rings. The van der Waals surface area contributed by atoms with Crippen LogP contribution in [0.15, 0.2) is 0 Å². The molecule has 20 heavy (non-hydrogen) atoms. The molecule has 2 aliphatic rings. The lowest BCUT2D eigenvalue weighted by Crippen LogP contribution is -2.52. The molecule has 2 atom stereocenters. The zero-order valence-corrected chi connectivity index (χ0v) is 13.4. The molecule has 0 spiro atoms. The molecule has 1 amide bonds. The third kappa shape index (κ3) is 4.97. The zero-order valence-electron chi connectivity index (χ0n) is 13.4. The lowest BCUT2D eigenvalue weighted by molar-refractivity contribution is 0.0806. The van der Waals surface area contributed by atoms with Gasteiger partial charge in [0.25, 0.3) is 0 Å². The lowest BCUT2D eigenvalue weighted by Gasteiger charge is -2.39. The smallest absolute Gasteiger partial charge is 0.409 e. The van der Waals surface area contributed by atoms with Crippen LogP contribution < -0.4 is 5.32 Å². The molecule has 1 saturated heterocycles. The third-order valence-corrected chi connectivity index (χ3v) is 4.26. The number of hydrogen-bond acceptors (Lipinski definition) is 3. The monoisotopic (exact) mass is 282 g/mol. The number of piperidine rings is 1. The molecular weight excluding hydrogens is 252 g/mol.